The number of carboxylic acids is 1. The molecule has 2 unspecified atom stereocenters. The van der Waals surface area contributed by atoms with E-state index in [1.165, 1.54) is 13.0 Å². The van der Waals surface area contributed by atoms with E-state index in [0.717, 1.165) is 23.3 Å². The number of rotatable bonds is 6. The minimum atomic E-state index is -4.83. The molecule has 0 saturated carbocycles. The van der Waals surface area contributed by atoms with Gasteiger partial charge in [0.1, 0.15) is 5.75 Å². The first-order chi connectivity index (χ1) is 13.9. The third kappa shape index (κ3) is 4.96. The van der Waals surface area contributed by atoms with Crippen LogP contribution in [0.1, 0.15) is 23.6 Å². The third-order valence-corrected chi connectivity index (χ3v) is 6.70. The fourth-order valence-electron chi connectivity index (χ4n) is 3.25. The van der Waals surface area contributed by atoms with Crippen molar-refractivity contribution in [3.05, 3.63) is 57.6 Å². The lowest BCUT2D eigenvalue weighted by molar-refractivity contribution is -0.144. The van der Waals surface area contributed by atoms with Gasteiger partial charge in [0.2, 0.25) is 10.0 Å². The van der Waals surface area contributed by atoms with Gasteiger partial charge in [-0.3, -0.25) is 0 Å². The molecular weight excluding hydrogens is 491 g/mol. The van der Waals surface area contributed by atoms with Crippen LogP contribution in [0.4, 0.5) is 13.2 Å². The Labute approximate surface area is 179 Å². The van der Waals surface area contributed by atoms with Crippen molar-refractivity contribution in [1.29, 1.82) is 0 Å². The Morgan fingerprint density at radius 3 is 2.50 bits per heavy atom. The Kier molecular flexibility index (Phi) is 6.17. The van der Waals surface area contributed by atoms with Crippen molar-refractivity contribution >= 4 is 31.9 Å². The lowest BCUT2D eigenvalue weighted by atomic mass is 10.1. The fraction of sp³-hybridized carbons (Fsp3) is 0.316. The van der Waals surface area contributed by atoms with Crippen molar-refractivity contribution in [2.24, 2.45) is 0 Å². The van der Waals surface area contributed by atoms with Crippen LogP contribution >= 0.6 is 15.9 Å². The van der Waals surface area contributed by atoms with Crippen molar-refractivity contribution in [3.63, 3.8) is 0 Å². The summed E-state index contributed by atoms with van der Waals surface area (Å²) in [6.45, 7) is 1.38. The van der Waals surface area contributed by atoms with Crippen LogP contribution < -0.4 is 9.46 Å². The summed E-state index contributed by atoms with van der Waals surface area (Å²) >= 11 is 2.93. The number of hydrogen-bond donors (Lipinski definition) is 2. The number of ether oxygens (including phenoxy) is 1. The van der Waals surface area contributed by atoms with Gasteiger partial charge in [-0.25, -0.2) is 17.9 Å². The molecule has 2 aromatic rings. The molecule has 2 atom stereocenters. The SMILES string of the molecule is CC(Oc1ccc2c(c1)CC(NS(=O)(=O)c1ccc(Br)cc1C(F)(F)F)C2)C(=O)O. The number of sulfonamides is 1. The third-order valence-electron chi connectivity index (χ3n) is 4.63. The van der Waals surface area contributed by atoms with Gasteiger partial charge in [0.25, 0.3) is 0 Å². The number of fused-ring (bicyclic) bond motifs is 1. The molecule has 30 heavy (non-hydrogen) atoms. The maximum absolute atomic E-state index is 13.3. The Morgan fingerprint density at radius 2 is 1.87 bits per heavy atom. The molecule has 0 saturated heterocycles. The first-order valence-corrected chi connectivity index (χ1v) is 11.0. The zero-order valence-electron chi connectivity index (χ0n) is 15.5. The first kappa shape index (κ1) is 22.6. The highest BCUT2D eigenvalue weighted by atomic mass is 79.9. The van der Waals surface area contributed by atoms with Crippen molar-refractivity contribution < 1.29 is 36.2 Å². The van der Waals surface area contributed by atoms with Crippen molar-refractivity contribution in [2.45, 2.75) is 43.0 Å². The van der Waals surface area contributed by atoms with Crippen LogP contribution in [0, 0.1) is 0 Å². The summed E-state index contributed by atoms with van der Waals surface area (Å²) in [5.74, 6) is -0.810. The number of hydrogen-bond acceptors (Lipinski definition) is 4. The van der Waals surface area contributed by atoms with Crippen molar-refractivity contribution in [2.75, 3.05) is 0 Å². The van der Waals surface area contributed by atoms with E-state index < -0.39 is 44.8 Å². The second kappa shape index (κ2) is 8.20. The predicted octanol–water partition coefficient (Wildman–Crippen LogP) is 3.77. The highest BCUT2D eigenvalue weighted by Gasteiger charge is 2.38. The normalized spacial score (nSPS) is 17.4. The number of nitrogens with one attached hydrogen (secondary N) is 1. The molecular formula is C19H17BrF3NO5S. The van der Waals surface area contributed by atoms with Crippen LogP contribution in [0.5, 0.6) is 5.75 Å². The summed E-state index contributed by atoms with van der Waals surface area (Å²) in [5, 5.41) is 8.93. The van der Waals surface area contributed by atoms with E-state index in [-0.39, 0.29) is 10.9 Å². The van der Waals surface area contributed by atoms with E-state index in [9.17, 15) is 26.4 Å². The van der Waals surface area contributed by atoms with E-state index >= 15 is 0 Å². The lowest BCUT2D eigenvalue weighted by Crippen LogP contribution is -2.36. The van der Waals surface area contributed by atoms with Gasteiger partial charge in [-0.05, 0) is 61.2 Å². The standard InChI is InChI=1S/C19H17BrF3NO5S/c1-10(18(25)26)29-15-4-2-11-6-14(7-12(11)8-15)24-30(27,28)17-5-3-13(20)9-16(17)19(21,22)23/h2-5,8-10,14,24H,6-7H2,1H3,(H,25,26). The molecule has 2 aromatic carbocycles. The Morgan fingerprint density at radius 1 is 1.20 bits per heavy atom. The first-order valence-electron chi connectivity index (χ1n) is 8.77. The van der Waals surface area contributed by atoms with Crippen LogP contribution in [0.15, 0.2) is 45.8 Å². The lowest BCUT2D eigenvalue weighted by Gasteiger charge is -2.17. The average molecular weight is 508 g/mol. The Balaban J connectivity index is 1.80. The van der Waals surface area contributed by atoms with Gasteiger partial charge in [0, 0.05) is 10.5 Å². The number of aliphatic carboxylic acids is 1. The summed E-state index contributed by atoms with van der Waals surface area (Å²) in [6.07, 6.45) is -5.36. The van der Waals surface area contributed by atoms with E-state index in [1.54, 1.807) is 18.2 Å². The van der Waals surface area contributed by atoms with Gasteiger partial charge >= 0.3 is 12.1 Å². The highest BCUT2D eigenvalue weighted by Crippen LogP contribution is 2.36. The molecule has 0 bridgehead atoms. The number of alkyl halides is 3. The minimum absolute atomic E-state index is 0.116. The molecule has 0 spiro atoms. The average Bonchev–Trinajstić information content (AvgIpc) is 3.01. The molecule has 0 heterocycles. The summed E-state index contributed by atoms with van der Waals surface area (Å²) in [4.78, 5) is 10.1. The van der Waals surface area contributed by atoms with Gasteiger partial charge in [0.05, 0.1) is 10.5 Å². The van der Waals surface area contributed by atoms with E-state index in [4.69, 9.17) is 9.84 Å². The van der Waals surface area contributed by atoms with Crippen molar-refractivity contribution in [3.8, 4) is 5.75 Å². The zero-order valence-corrected chi connectivity index (χ0v) is 17.9. The van der Waals surface area contributed by atoms with Gasteiger partial charge < -0.3 is 9.84 Å². The molecule has 0 amide bonds. The molecule has 0 fully saturated rings. The largest absolute Gasteiger partial charge is 0.479 e. The topological polar surface area (TPSA) is 92.7 Å². The summed E-state index contributed by atoms with van der Waals surface area (Å²) < 4.78 is 73.1. The molecule has 0 aliphatic heterocycles. The molecule has 162 valence electrons. The van der Waals surface area contributed by atoms with E-state index in [0.29, 0.717) is 12.2 Å². The van der Waals surface area contributed by atoms with Crippen molar-refractivity contribution in [1.82, 2.24) is 4.72 Å². The van der Waals surface area contributed by atoms with Crippen LogP contribution in [-0.2, 0) is 33.8 Å². The summed E-state index contributed by atoms with van der Waals surface area (Å²) in [7, 11) is -4.43. The predicted molar refractivity (Wildman–Crippen MR) is 105 cm³/mol. The van der Waals surface area contributed by atoms with E-state index in [1.807, 2.05) is 0 Å². The van der Waals surface area contributed by atoms with Gasteiger partial charge in [-0.15, -0.1) is 0 Å². The molecule has 0 radical (unpaired) electrons. The Hall–Kier alpha value is -2.11. The van der Waals surface area contributed by atoms with Crippen LogP contribution in [0.25, 0.3) is 0 Å². The maximum atomic E-state index is 13.3. The number of carbonyl (C=O) groups is 1. The number of benzene rings is 2. The van der Waals surface area contributed by atoms with Gasteiger partial charge in [-0.1, -0.05) is 22.0 Å². The zero-order chi connectivity index (χ0) is 22.3. The molecule has 3 rings (SSSR count). The van der Waals surface area contributed by atoms with E-state index in [2.05, 4.69) is 20.7 Å². The number of carboxylic acid groups (broad SMARTS) is 1. The molecule has 6 nitrogen and oxygen atoms in total. The fourth-order valence-corrected chi connectivity index (χ4v) is 5.05. The minimum Gasteiger partial charge on any atom is -0.479 e. The molecule has 1 aliphatic rings. The molecule has 2 N–H and O–H groups in total. The summed E-state index contributed by atoms with van der Waals surface area (Å²) in [6, 6.07) is 7.12. The molecule has 1 aliphatic carbocycles. The number of halogens is 4. The second-order valence-electron chi connectivity index (χ2n) is 6.89. The smallest absolute Gasteiger partial charge is 0.417 e. The molecule has 11 heteroatoms. The van der Waals surface area contributed by atoms with Gasteiger partial charge in [-0.2, -0.15) is 13.2 Å². The monoisotopic (exact) mass is 507 g/mol. The maximum Gasteiger partial charge on any atom is 0.417 e. The highest BCUT2D eigenvalue weighted by molar-refractivity contribution is 9.10. The van der Waals surface area contributed by atoms with Crippen LogP contribution in [0.3, 0.4) is 0 Å². The quantitative estimate of drug-likeness (QED) is 0.620. The molecule has 0 aromatic heterocycles. The summed E-state index contributed by atoms with van der Waals surface area (Å²) in [5.41, 5.74) is 0.299. The van der Waals surface area contributed by atoms with Crippen LogP contribution in [-0.4, -0.2) is 31.6 Å². The van der Waals surface area contributed by atoms with Gasteiger partial charge in [0.15, 0.2) is 6.10 Å². The Bertz CT molecular complexity index is 1090. The van der Waals surface area contributed by atoms with Crippen LogP contribution in [0.2, 0.25) is 0 Å². The second-order valence-corrected chi connectivity index (χ2v) is 9.49.